The van der Waals surface area contributed by atoms with Crippen LogP contribution in [0.15, 0.2) is 134 Å². The zero-order valence-electron chi connectivity index (χ0n) is 22.3. The fourth-order valence-corrected chi connectivity index (χ4v) is 5.78. The predicted octanol–water partition coefficient (Wildman–Crippen LogP) is 7.04. The molecule has 0 saturated heterocycles. The second-order valence-corrected chi connectivity index (χ2v) is 10.3. The number of aromatic nitrogens is 8. The molecule has 9 rings (SSSR count). The van der Waals surface area contributed by atoms with Crippen LogP contribution < -0.4 is 0 Å². The summed E-state index contributed by atoms with van der Waals surface area (Å²) >= 11 is 0. The van der Waals surface area contributed by atoms with Crippen molar-refractivity contribution in [1.82, 2.24) is 39.1 Å². The van der Waals surface area contributed by atoms with E-state index in [-0.39, 0.29) is 0 Å². The molecule has 0 bridgehead atoms. The van der Waals surface area contributed by atoms with Gasteiger partial charge in [0.25, 0.3) is 0 Å². The lowest BCUT2D eigenvalue weighted by Crippen LogP contribution is -2.12. The maximum Gasteiger partial charge on any atom is 0.115 e. The largest absolute Gasteiger partial charge is 0.314 e. The molecule has 0 aliphatic carbocycles. The number of para-hydroxylation sites is 2. The van der Waals surface area contributed by atoms with Gasteiger partial charge in [0.2, 0.25) is 0 Å². The number of fused-ring (bicyclic) bond motifs is 4. The van der Waals surface area contributed by atoms with Crippen LogP contribution in [-0.2, 0) is 0 Å². The van der Waals surface area contributed by atoms with Crippen LogP contribution in [-0.4, -0.2) is 39.1 Å². The summed E-state index contributed by atoms with van der Waals surface area (Å²) in [5, 5.41) is 21.8. The van der Waals surface area contributed by atoms with Crippen LogP contribution in [0.4, 0.5) is 0 Å². The highest BCUT2D eigenvalue weighted by atomic mass is 15.5. The molecule has 0 aliphatic heterocycles. The van der Waals surface area contributed by atoms with Gasteiger partial charge in [0, 0.05) is 12.4 Å². The lowest BCUT2D eigenvalue weighted by atomic mass is 10.1. The summed E-state index contributed by atoms with van der Waals surface area (Å²) in [5.41, 5.74) is 8.96. The lowest BCUT2D eigenvalue weighted by molar-refractivity contribution is 0.715. The first-order chi connectivity index (χ1) is 20.8. The molecule has 0 amide bonds. The van der Waals surface area contributed by atoms with Gasteiger partial charge in [-0.25, -0.2) is 0 Å². The highest BCUT2D eigenvalue weighted by Gasteiger charge is 2.21. The number of hydrogen-bond donors (Lipinski definition) is 0. The molecule has 42 heavy (non-hydrogen) atoms. The van der Waals surface area contributed by atoms with Gasteiger partial charge in [-0.05, 0) is 71.4 Å². The third-order valence-electron chi connectivity index (χ3n) is 7.79. The summed E-state index contributed by atoms with van der Waals surface area (Å²) in [4.78, 5) is 3.39. The summed E-state index contributed by atoms with van der Waals surface area (Å²) in [6.07, 6.45) is 4.23. The summed E-state index contributed by atoms with van der Waals surface area (Å²) in [6, 6.07) is 41.2. The maximum absolute atomic E-state index is 4.87. The standard InChI is InChI=1S/C34H22N8/c1-7-15-29-23(9-1)17-19-39(29)31-21-33(41-35-25-11-3-4-12-26(25)36-41)34(42-37-27-13-5-6-14-28(27)38-42)22-32(31)40-20-18-24-10-2-8-16-30(24)40/h1-22H. The zero-order chi connectivity index (χ0) is 27.6. The minimum absolute atomic E-state index is 0.763. The van der Waals surface area contributed by atoms with Crippen molar-refractivity contribution in [3.8, 4) is 22.7 Å². The van der Waals surface area contributed by atoms with Crippen LogP contribution in [0.5, 0.6) is 0 Å². The molecule has 5 aromatic carbocycles. The quantitative estimate of drug-likeness (QED) is 0.239. The van der Waals surface area contributed by atoms with Crippen molar-refractivity contribution in [2.75, 3.05) is 0 Å². The van der Waals surface area contributed by atoms with Crippen molar-refractivity contribution in [3.63, 3.8) is 0 Å². The lowest BCUT2D eigenvalue weighted by Gasteiger charge is -2.18. The highest BCUT2D eigenvalue weighted by Crippen LogP contribution is 2.34. The molecule has 8 nitrogen and oxygen atoms in total. The van der Waals surface area contributed by atoms with Crippen LogP contribution in [0.2, 0.25) is 0 Å². The number of rotatable bonds is 4. The van der Waals surface area contributed by atoms with Crippen LogP contribution in [0.1, 0.15) is 0 Å². The smallest absolute Gasteiger partial charge is 0.115 e. The number of benzene rings is 5. The predicted molar refractivity (Wildman–Crippen MR) is 165 cm³/mol. The molecule has 0 fully saturated rings. The molecule has 9 aromatic rings. The summed E-state index contributed by atoms with van der Waals surface area (Å²) < 4.78 is 4.45. The van der Waals surface area contributed by atoms with Crippen LogP contribution in [0.25, 0.3) is 66.6 Å². The average molecular weight is 543 g/mol. The molecule has 0 saturated carbocycles. The van der Waals surface area contributed by atoms with E-state index in [1.807, 2.05) is 48.5 Å². The van der Waals surface area contributed by atoms with Crippen LogP contribution in [0, 0.1) is 0 Å². The van der Waals surface area contributed by atoms with Gasteiger partial charge in [0.1, 0.15) is 33.4 Å². The number of nitrogens with zero attached hydrogens (tertiary/aromatic N) is 8. The molecule has 0 N–H and O–H groups in total. The van der Waals surface area contributed by atoms with Crippen molar-refractivity contribution in [2.45, 2.75) is 0 Å². The third kappa shape index (κ3) is 3.42. The van der Waals surface area contributed by atoms with E-state index in [1.54, 1.807) is 9.59 Å². The van der Waals surface area contributed by atoms with Crippen LogP contribution >= 0.6 is 0 Å². The summed E-state index contributed by atoms with van der Waals surface area (Å²) in [7, 11) is 0. The van der Waals surface area contributed by atoms with E-state index in [1.165, 1.54) is 0 Å². The Morgan fingerprint density at radius 3 is 1.12 bits per heavy atom. The molecule has 4 heterocycles. The molecule has 0 atom stereocenters. The molecular weight excluding hydrogens is 520 g/mol. The van der Waals surface area contributed by atoms with Gasteiger partial charge < -0.3 is 9.13 Å². The Kier molecular flexibility index (Phi) is 4.74. The Morgan fingerprint density at radius 1 is 0.357 bits per heavy atom. The number of hydrogen-bond acceptors (Lipinski definition) is 4. The summed E-state index contributed by atoms with van der Waals surface area (Å²) in [5.74, 6) is 0. The van der Waals surface area contributed by atoms with Crippen molar-refractivity contribution in [2.24, 2.45) is 0 Å². The van der Waals surface area contributed by atoms with Gasteiger partial charge in [-0.15, -0.1) is 30.0 Å². The molecule has 4 aromatic heterocycles. The van der Waals surface area contributed by atoms with Gasteiger partial charge in [-0.1, -0.05) is 60.7 Å². The van der Waals surface area contributed by atoms with E-state index in [2.05, 4.69) is 94.3 Å². The first-order valence-corrected chi connectivity index (χ1v) is 13.8. The normalized spacial score (nSPS) is 11.8. The molecule has 0 radical (unpaired) electrons. The van der Waals surface area contributed by atoms with Gasteiger partial charge in [-0.2, -0.15) is 0 Å². The van der Waals surface area contributed by atoms with E-state index in [4.69, 9.17) is 20.4 Å². The first kappa shape index (κ1) is 22.8. The molecule has 0 spiro atoms. The average Bonchev–Trinajstić information content (AvgIpc) is 3.84. The highest BCUT2D eigenvalue weighted by molar-refractivity contribution is 5.87. The fourth-order valence-electron chi connectivity index (χ4n) is 5.78. The molecule has 8 heteroatoms. The Bertz CT molecular complexity index is 2200. The Hall–Kier alpha value is -6.02. The van der Waals surface area contributed by atoms with Gasteiger partial charge in [-0.3, -0.25) is 0 Å². The molecule has 0 unspecified atom stereocenters. The van der Waals surface area contributed by atoms with E-state index < -0.39 is 0 Å². The van der Waals surface area contributed by atoms with E-state index in [0.717, 1.165) is 66.6 Å². The zero-order valence-corrected chi connectivity index (χ0v) is 22.3. The van der Waals surface area contributed by atoms with Crippen LogP contribution in [0.3, 0.4) is 0 Å². The third-order valence-corrected chi connectivity index (χ3v) is 7.79. The van der Waals surface area contributed by atoms with Gasteiger partial charge >= 0.3 is 0 Å². The second kappa shape index (κ2) is 8.74. The Balaban J connectivity index is 1.41. The summed E-state index contributed by atoms with van der Waals surface area (Å²) in [6.45, 7) is 0. The first-order valence-electron chi connectivity index (χ1n) is 13.8. The SMILES string of the molecule is c1ccc2c(c1)ccn2-c1cc(-n2nc3ccccc3n2)c(-n2nc3ccccc3n2)cc1-n1ccc2ccccc21. The second-order valence-electron chi connectivity index (χ2n) is 10.3. The van der Waals surface area contributed by atoms with Crippen molar-refractivity contribution >= 4 is 43.9 Å². The molecule has 0 aliphatic rings. The van der Waals surface area contributed by atoms with Crippen molar-refractivity contribution < 1.29 is 0 Å². The topological polar surface area (TPSA) is 71.3 Å². The fraction of sp³-hybridized carbons (Fsp3) is 0. The minimum Gasteiger partial charge on any atom is -0.314 e. The monoisotopic (exact) mass is 542 g/mol. The molecule has 198 valence electrons. The van der Waals surface area contributed by atoms with E-state index in [0.29, 0.717) is 0 Å². The Labute approximate surface area is 239 Å². The minimum atomic E-state index is 0.763. The molecular formula is C34H22N8. The van der Waals surface area contributed by atoms with E-state index in [9.17, 15) is 0 Å². The Morgan fingerprint density at radius 2 is 0.714 bits per heavy atom. The van der Waals surface area contributed by atoms with Gasteiger partial charge in [0.15, 0.2) is 0 Å². The van der Waals surface area contributed by atoms with Gasteiger partial charge in [0.05, 0.1) is 22.4 Å². The van der Waals surface area contributed by atoms with Crippen molar-refractivity contribution in [3.05, 3.63) is 134 Å². The van der Waals surface area contributed by atoms with E-state index >= 15 is 0 Å². The maximum atomic E-state index is 4.87. The van der Waals surface area contributed by atoms with Crippen molar-refractivity contribution in [1.29, 1.82) is 0 Å².